The lowest BCUT2D eigenvalue weighted by atomic mass is 9.89. The maximum absolute atomic E-state index is 12.3. The third kappa shape index (κ3) is 8.68. The molecule has 0 saturated heterocycles. The Balaban J connectivity index is 2.40. The Morgan fingerprint density at radius 2 is 1.64 bits per heavy atom. The Morgan fingerprint density at radius 3 is 2.20 bits per heavy atom. The van der Waals surface area contributed by atoms with Gasteiger partial charge in [-0.05, 0) is 60.2 Å². The molecule has 140 valence electrons. The highest BCUT2D eigenvalue weighted by Gasteiger charge is 2.30. The van der Waals surface area contributed by atoms with Crippen LogP contribution in [-0.4, -0.2) is 42.6 Å². The molecule has 0 atom stereocenters. The van der Waals surface area contributed by atoms with Gasteiger partial charge in [0.25, 0.3) is 0 Å². The summed E-state index contributed by atoms with van der Waals surface area (Å²) in [5.41, 5.74) is -0.135. The van der Waals surface area contributed by atoms with E-state index in [-0.39, 0.29) is 25.1 Å². The first-order valence-corrected chi connectivity index (χ1v) is 8.61. The summed E-state index contributed by atoms with van der Waals surface area (Å²) >= 11 is 0. The maximum atomic E-state index is 12.3. The second-order valence-corrected chi connectivity index (χ2v) is 8.02. The zero-order valence-electron chi connectivity index (χ0n) is 16.3. The summed E-state index contributed by atoms with van der Waals surface area (Å²) in [5, 5.41) is 0. The molecule has 0 spiro atoms. The van der Waals surface area contributed by atoms with Gasteiger partial charge in [0.05, 0.1) is 12.0 Å². The average molecular weight is 349 g/mol. The van der Waals surface area contributed by atoms with Crippen LogP contribution in [0, 0.1) is 5.41 Å². The number of rotatable bonds is 8. The van der Waals surface area contributed by atoms with E-state index in [1.54, 1.807) is 0 Å². The molecular formula is C20H31NO4. The van der Waals surface area contributed by atoms with Crippen molar-refractivity contribution >= 4 is 11.9 Å². The summed E-state index contributed by atoms with van der Waals surface area (Å²) in [6, 6.07) is 9.61. The number of ether oxygens (including phenoxy) is 2. The van der Waals surface area contributed by atoms with E-state index in [0.29, 0.717) is 13.0 Å². The zero-order chi connectivity index (χ0) is 19.1. The number of hydrogen-bond donors (Lipinski definition) is 0. The molecule has 1 aromatic carbocycles. The second kappa shape index (κ2) is 8.99. The van der Waals surface area contributed by atoms with Crippen molar-refractivity contribution in [2.24, 2.45) is 5.41 Å². The number of hydrogen-bond acceptors (Lipinski definition) is 5. The predicted octanol–water partition coefficient (Wildman–Crippen LogP) is 3.42. The minimum Gasteiger partial charge on any atom is -0.460 e. The topological polar surface area (TPSA) is 55.8 Å². The highest BCUT2D eigenvalue weighted by atomic mass is 16.6. The Morgan fingerprint density at radius 1 is 1.04 bits per heavy atom. The fraction of sp³-hybridized carbons (Fsp3) is 0.600. The van der Waals surface area contributed by atoms with Crippen LogP contribution in [0.1, 0.15) is 46.6 Å². The van der Waals surface area contributed by atoms with Crippen LogP contribution in [0.2, 0.25) is 0 Å². The van der Waals surface area contributed by atoms with Gasteiger partial charge in [0.1, 0.15) is 12.2 Å². The number of carbonyl (C=O) groups excluding carboxylic acids is 2. The Hall–Kier alpha value is -1.88. The molecule has 0 heterocycles. The van der Waals surface area contributed by atoms with Crippen molar-refractivity contribution in [3.05, 3.63) is 35.9 Å². The Labute approximate surface area is 151 Å². The molecule has 0 aromatic heterocycles. The molecule has 25 heavy (non-hydrogen) atoms. The van der Waals surface area contributed by atoms with E-state index in [0.717, 1.165) is 5.56 Å². The molecule has 0 saturated carbocycles. The fourth-order valence-corrected chi connectivity index (χ4v) is 2.16. The second-order valence-electron chi connectivity index (χ2n) is 8.02. The lowest BCUT2D eigenvalue weighted by Crippen LogP contribution is -2.36. The first-order chi connectivity index (χ1) is 11.5. The summed E-state index contributed by atoms with van der Waals surface area (Å²) < 4.78 is 10.7. The van der Waals surface area contributed by atoms with Crippen LogP contribution in [0.4, 0.5) is 0 Å². The number of carbonyl (C=O) groups is 2. The first kappa shape index (κ1) is 21.2. The van der Waals surface area contributed by atoms with Gasteiger partial charge in [-0.25, -0.2) is 0 Å². The third-order valence-corrected chi connectivity index (χ3v) is 3.70. The average Bonchev–Trinajstić information content (AvgIpc) is 2.49. The zero-order valence-corrected chi connectivity index (χ0v) is 16.3. The van der Waals surface area contributed by atoms with Crippen LogP contribution < -0.4 is 0 Å². The van der Waals surface area contributed by atoms with E-state index in [2.05, 4.69) is 0 Å². The van der Waals surface area contributed by atoms with Crippen LogP contribution in [0.25, 0.3) is 0 Å². The molecule has 1 rings (SSSR count). The number of esters is 2. The lowest BCUT2D eigenvalue weighted by Gasteiger charge is -2.26. The molecule has 0 aliphatic carbocycles. The van der Waals surface area contributed by atoms with Gasteiger partial charge < -0.3 is 9.47 Å². The van der Waals surface area contributed by atoms with Gasteiger partial charge in [-0.3, -0.25) is 14.5 Å². The highest BCUT2D eigenvalue weighted by molar-refractivity contribution is 5.76. The van der Waals surface area contributed by atoms with E-state index in [9.17, 15) is 9.59 Å². The van der Waals surface area contributed by atoms with E-state index >= 15 is 0 Å². The van der Waals surface area contributed by atoms with E-state index < -0.39 is 11.0 Å². The van der Waals surface area contributed by atoms with E-state index in [1.165, 1.54) is 0 Å². The van der Waals surface area contributed by atoms with Crippen molar-refractivity contribution < 1.29 is 19.1 Å². The summed E-state index contributed by atoms with van der Waals surface area (Å²) in [7, 11) is 1.84. The Bertz CT molecular complexity index is 561. The van der Waals surface area contributed by atoms with E-state index in [4.69, 9.17) is 9.47 Å². The van der Waals surface area contributed by atoms with Gasteiger partial charge in [-0.15, -0.1) is 0 Å². The molecule has 0 aliphatic heterocycles. The normalized spacial score (nSPS) is 12.1. The van der Waals surface area contributed by atoms with E-state index in [1.807, 2.05) is 76.9 Å². The summed E-state index contributed by atoms with van der Waals surface area (Å²) in [6.45, 7) is 10.3. The third-order valence-electron chi connectivity index (χ3n) is 3.70. The minimum atomic E-state index is -0.614. The summed E-state index contributed by atoms with van der Waals surface area (Å²) in [5.74, 6) is -0.499. The number of likely N-dealkylation sites (N-methyl/N-ethyl adjacent to an activating group) is 1. The Kier molecular flexibility index (Phi) is 7.61. The molecule has 0 unspecified atom stereocenters. The quantitative estimate of drug-likeness (QED) is 0.673. The van der Waals surface area contributed by atoms with Crippen molar-refractivity contribution in [2.45, 2.75) is 53.2 Å². The van der Waals surface area contributed by atoms with Gasteiger partial charge >= 0.3 is 11.9 Å². The molecule has 0 amide bonds. The fourth-order valence-electron chi connectivity index (χ4n) is 2.16. The minimum absolute atomic E-state index is 0.201. The van der Waals surface area contributed by atoms with Crippen LogP contribution in [0.3, 0.4) is 0 Å². The monoisotopic (exact) mass is 349 g/mol. The predicted molar refractivity (Wildman–Crippen MR) is 98.0 cm³/mol. The number of nitrogens with zero attached hydrogens (tertiary/aromatic N) is 1. The van der Waals surface area contributed by atoms with Crippen molar-refractivity contribution in [3.63, 3.8) is 0 Å². The first-order valence-electron chi connectivity index (χ1n) is 8.61. The maximum Gasteiger partial charge on any atom is 0.320 e. The SMILES string of the molecule is CN(CCC(C)(C)C(=O)OCc1ccccc1)CC(=O)OC(C)(C)C. The van der Waals surface area contributed by atoms with Crippen molar-refractivity contribution in [1.82, 2.24) is 4.90 Å². The van der Waals surface area contributed by atoms with Gasteiger partial charge in [0.2, 0.25) is 0 Å². The van der Waals surface area contributed by atoms with Crippen LogP contribution in [0.5, 0.6) is 0 Å². The van der Waals surface area contributed by atoms with Crippen molar-refractivity contribution in [3.8, 4) is 0 Å². The van der Waals surface area contributed by atoms with Gasteiger partial charge in [-0.2, -0.15) is 0 Å². The molecule has 0 N–H and O–H groups in total. The molecule has 5 nitrogen and oxygen atoms in total. The molecule has 0 aliphatic rings. The molecule has 0 fully saturated rings. The van der Waals surface area contributed by atoms with Gasteiger partial charge in [-0.1, -0.05) is 30.3 Å². The molecule has 1 aromatic rings. The highest BCUT2D eigenvalue weighted by Crippen LogP contribution is 2.23. The summed E-state index contributed by atoms with van der Waals surface area (Å²) in [6.07, 6.45) is 0.597. The van der Waals surface area contributed by atoms with Crippen molar-refractivity contribution in [1.29, 1.82) is 0 Å². The molecule has 5 heteroatoms. The molecular weight excluding hydrogens is 318 g/mol. The standard InChI is InChI=1S/C20H31NO4/c1-19(2,3)25-17(22)14-21(6)13-12-20(4,5)18(23)24-15-16-10-8-7-9-11-16/h7-11H,12-15H2,1-6H3. The van der Waals surface area contributed by atoms with Crippen LogP contribution in [0.15, 0.2) is 30.3 Å². The largest absolute Gasteiger partial charge is 0.460 e. The molecule has 0 bridgehead atoms. The summed E-state index contributed by atoms with van der Waals surface area (Å²) in [4.78, 5) is 26.0. The van der Waals surface area contributed by atoms with Crippen molar-refractivity contribution in [2.75, 3.05) is 20.1 Å². The smallest absolute Gasteiger partial charge is 0.320 e. The number of benzene rings is 1. The van der Waals surface area contributed by atoms with Gasteiger partial charge in [0, 0.05) is 0 Å². The van der Waals surface area contributed by atoms with Gasteiger partial charge in [0.15, 0.2) is 0 Å². The lowest BCUT2D eigenvalue weighted by molar-refractivity contribution is -0.156. The van der Waals surface area contributed by atoms with Crippen LogP contribution >= 0.6 is 0 Å². The van der Waals surface area contributed by atoms with Crippen LogP contribution in [-0.2, 0) is 25.7 Å². The molecule has 0 radical (unpaired) electrons.